The summed E-state index contributed by atoms with van der Waals surface area (Å²) < 4.78 is 31.7. The number of carbonyl (C=O) groups excluding carboxylic acids is 3. The molecule has 0 amide bonds. The number of aromatic hydroxyl groups is 1. The van der Waals surface area contributed by atoms with Crippen LogP contribution in [0.15, 0.2) is 33.5 Å². The SMILES string of the molecule is COc1ccc(-c2oc3c(OC)c(OC(C)=O)c(OC(C)=O)c(OC(C)=O)c3c(=O)c2O)cc1. The van der Waals surface area contributed by atoms with Gasteiger partial charge in [-0.3, -0.25) is 19.2 Å². The normalized spacial score (nSPS) is 10.5. The minimum absolute atomic E-state index is 0.249. The third-order valence-corrected chi connectivity index (χ3v) is 4.43. The number of benzene rings is 2. The third kappa shape index (κ3) is 4.49. The highest BCUT2D eigenvalue weighted by Gasteiger charge is 2.33. The van der Waals surface area contributed by atoms with Gasteiger partial charge in [-0.15, -0.1) is 0 Å². The van der Waals surface area contributed by atoms with Crippen LogP contribution in [-0.4, -0.2) is 37.2 Å². The van der Waals surface area contributed by atoms with Crippen LogP contribution < -0.4 is 29.1 Å². The number of fused-ring (bicyclic) bond motifs is 1. The van der Waals surface area contributed by atoms with Gasteiger partial charge in [0.15, 0.2) is 17.1 Å². The molecule has 3 aromatic rings. The van der Waals surface area contributed by atoms with Crippen molar-refractivity contribution in [1.82, 2.24) is 0 Å². The Bertz CT molecular complexity index is 1350. The van der Waals surface area contributed by atoms with Crippen LogP contribution in [0.25, 0.3) is 22.3 Å². The molecule has 34 heavy (non-hydrogen) atoms. The van der Waals surface area contributed by atoms with Crippen molar-refractivity contribution in [3.63, 3.8) is 0 Å². The lowest BCUT2D eigenvalue weighted by Crippen LogP contribution is -2.15. The minimum Gasteiger partial charge on any atom is -0.502 e. The molecule has 178 valence electrons. The smallest absolute Gasteiger partial charge is 0.308 e. The Morgan fingerprint density at radius 1 is 0.765 bits per heavy atom. The molecule has 2 aromatic carbocycles. The summed E-state index contributed by atoms with van der Waals surface area (Å²) in [6, 6.07) is 6.22. The van der Waals surface area contributed by atoms with E-state index < -0.39 is 51.7 Å². The number of carbonyl (C=O) groups is 3. The van der Waals surface area contributed by atoms with E-state index in [0.29, 0.717) is 11.3 Å². The molecule has 0 spiro atoms. The molecule has 0 saturated carbocycles. The van der Waals surface area contributed by atoms with Crippen LogP contribution in [-0.2, 0) is 14.4 Å². The molecule has 0 aliphatic rings. The number of ether oxygens (including phenoxy) is 5. The van der Waals surface area contributed by atoms with Crippen molar-refractivity contribution in [2.75, 3.05) is 14.2 Å². The van der Waals surface area contributed by atoms with Crippen molar-refractivity contribution < 1.29 is 47.6 Å². The molecule has 11 heteroatoms. The maximum absolute atomic E-state index is 13.3. The van der Waals surface area contributed by atoms with Crippen molar-refractivity contribution in [3.05, 3.63) is 34.5 Å². The van der Waals surface area contributed by atoms with Gasteiger partial charge in [0.05, 0.1) is 14.2 Å². The summed E-state index contributed by atoms with van der Waals surface area (Å²) >= 11 is 0. The van der Waals surface area contributed by atoms with Crippen LogP contribution in [0.1, 0.15) is 20.8 Å². The number of rotatable bonds is 6. The lowest BCUT2D eigenvalue weighted by Gasteiger charge is -2.18. The average molecular weight is 472 g/mol. The Kier molecular flexibility index (Phi) is 6.76. The van der Waals surface area contributed by atoms with Crippen molar-refractivity contribution in [2.24, 2.45) is 0 Å². The second-order valence-corrected chi connectivity index (χ2v) is 6.84. The summed E-state index contributed by atoms with van der Waals surface area (Å²) in [5, 5.41) is 10.2. The van der Waals surface area contributed by atoms with Gasteiger partial charge in [0.1, 0.15) is 11.1 Å². The molecule has 0 aliphatic carbocycles. The Balaban J connectivity index is 2.52. The Hall–Kier alpha value is -4.54. The fourth-order valence-electron chi connectivity index (χ4n) is 3.15. The largest absolute Gasteiger partial charge is 0.502 e. The zero-order valence-electron chi connectivity index (χ0n) is 18.8. The van der Waals surface area contributed by atoms with E-state index in [1.807, 2.05) is 0 Å². The van der Waals surface area contributed by atoms with Gasteiger partial charge in [-0.25, -0.2) is 0 Å². The van der Waals surface area contributed by atoms with Crippen LogP contribution in [0.5, 0.6) is 34.5 Å². The second kappa shape index (κ2) is 9.53. The van der Waals surface area contributed by atoms with Crippen molar-refractivity contribution in [2.45, 2.75) is 20.8 Å². The molecule has 0 saturated heterocycles. The maximum atomic E-state index is 13.3. The van der Waals surface area contributed by atoms with Gasteiger partial charge >= 0.3 is 17.9 Å². The van der Waals surface area contributed by atoms with Crippen molar-refractivity contribution in [3.8, 4) is 45.8 Å². The quantitative estimate of drug-likeness (QED) is 0.417. The fourth-order valence-corrected chi connectivity index (χ4v) is 3.15. The van der Waals surface area contributed by atoms with Gasteiger partial charge in [-0.1, -0.05) is 0 Å². The van der Waals surface area contributed by atoms with Crippen molar-refractivity contribution >= 4 is 28.9 Å². The highest BCUT2D eigenvalue weighted by Crippen LogP contribution is 2.52. The van der Waals surface area contributed by atoms with E-state index in [-0.39, 0.29) is 17.1 Å². The Morgan fingerprint density at radius 2 is 1.26 bits per heavy atom. The molecular weight excluding hydrogens is 452 g/mol. The zero-order chi connectivity index (χ0) is 25.2. The molecule has 1 N–H and O–H groups in total. The Labute approximate surface area is 192 Å². The highest BCUT2D eigenvalue weighted by molar-refractivity contribution is 5.99. The summed E-state index contributed by atoms with van der Waals surface area (Å²) in [6.07, 6.45) is 0. The van der Waals surface area contributed by atoms with E-state index >= 15 is 0 Å². The summed E-state index contributed by atoms with van der Waals surface area (Å²) in [6.45, 7) is 3.15. The van der Waals surface area contributed by atoms with E-state index in [1.54, 1.807) is 12.1 Å². The van der Waals surface area contributed by atoms with Crippen LogP contribution in [0.3, 0.4) is 0 Å². The highest BCUT2D eigenvalue weighted by atomic mass is 16.6. The predicted octanol–water partition coefficient (Wildman–Crippen LogP) is 2.96. The second-order valence-electron chi connectivity index (χ2n) is 6.84. The van der Waals surface area contributed by atoms with E-state index in [9.17, 15) is 24.3 Å². The summed E-state index contributed by atoms with van der Waals surface area (Å²) in [5.74, 6) is -5.12. The fraction of sp³-hybridized carbons (Fsp3) is 0.217. The van der Waals surface area contributed by atoms with Gasteiger partial charge in [0.2, 0.25) is 28.4 Å². The lowest BCUT2D eigenvalue weighted by molar-refractivity contribution is -0.135. The standard InChI is InChI=1S/C23H20O11/c1-10(24)31-20-15-16(27)17(28)18(13-6-8-14(29-4)9-7-13)34-19(15)21(30-5)23(33-12(3)26)22(20)32-11(2)25/h6-9,28H,1-5H3. The van der Waals surface area contributed by atoms with Crippen LogP contribution in [0.2, 0.25) is 0 Å². The molecule has 0 bridgehead atoms. The number of hydrogen-bond acceptors (Lipinski definition) is 11. The molecule has 1 aromatic heterocycles. The first-order valence-electron chi connectivity index (χ1n) is 9.72. The van der Waals surface area contributed by atoms with Gasteiger partial charge < -0.3 is 33.2 Å². The lowest BCUT2D eigenvalue weighted by atomic mass is 10.1. The molecule has 0 unspecified atom stereocenters. The molecule has 11 nitrogen and oxygen atoms in total. The molecule has 0 atom stereocenters. The minimum atomic E-state index is -1.02. The van der Waals surface area contributed by atoms with E-state index in [0.717, 1.165) is 20.8 Å². The number of methoxy groups -OCH3 is 2. The molecule has 1 heterocycles. The number of hydrogen-bond donors (Lipinski definition) is 1. The predicted molar refractivity (Wildman–Crippen MR) is 117 cm³/mol. The van der Waals surface area contributed by atoms with Crippen LogP contribution in [0.4, 0.5) is 0 Å². The van der Waals surface area contributed by atoms with Gasteiger partial charge in [-0.2, -0.15) is 0 Å². The summed E-state index contributed by atoms with van der Waals surface area (Å²) in [4.78, 5) is 48.6. The summed E-state index contributed by atoms with van der Waals surface area (Å²) in [5.41, 5.74) is -1.06. The van der Waals surface area contributed by atoms with Crippen LogP contribution >= 0.6 is 0 Å². The van der Waals surface area contributed by atoms with Crippen molar-refractivity contribution in [1.29, 1.82) is 0 Å². The molecule has 3 rings (SSSR count). The molecule has 0 aliphatic heterocycles. The Morgan fingerprint density at radius 3 is 1.74 bits per heavy atom. The maximum Gasteiger partial charge on any atom is 0.308 e. The monoisotopic (exact) mass is 472 g/mol. The first kappa shape index (κ1) is 24.1. The average Bonchev–Trinajstić information content (AvgIpc) is 2.77. The topological polar surface area (TPSA) is 148 Å². The molecular formula is C23H20O11. The van der Waals surface area contributed by atoms with E-state index in [4.69, 9.17) is 28.1 Å². The van der Waals surface area contributed by atoms with Gasteiger partial charge in [0, 0.05) is 26.3 Å². The molecule has 0 fully saturated rings. The van der Waals surface area contributed by atoms with E-state index in [1.165, 1.54) is 26.4 Å². The van der Waals surface area contributed by atoms with Gasteiger partial charge in [-0.05, 0) is 24.3 Å². The zero-order valence-corrected chi connectivity index (χ0v) is 18.8. The first-order chi connectivity index (χ1) is 16.1. The number of esters is 3. The third-order valence-electron chi connectivity index (χ3n) is 4.43. The molecule has 0 radical (unpaired) electrons. The first-order valence-corrected chi connectivity index (χ1v) is 9.72. The van der Waals surface area contributed by atoms with E-state index in [2.05, 4.69) is 0 Å². The van der Waals surface area contributed by atoms with Crippen LogP contribution in [0, 0.1) is 0 Å². The summed E-state index contributed by atoms with van der Waals surface area (Å²) in [7, 11) is 2.66. The van der Waals surface area contributed by atoms with Gasteiger partial charge in [0.25, 0.3) is 0 Å².